The average Bonchev–Trinajstić information content (AvgIpc) is 3.17. The Balaban J connectivity index is 1.19. The molecule has 0 saturated heterocycles. The number of aromatic nitrogens is 6. The van der Waals surface area contributed by atoms with Crippen molar-refractivity contribution >= 4 is 28.7 Å². The average molecular weight is 504 g/mol. The van der Waals surface area contributed by atoms with Gasteiger partial charge in [-0.2, -0.15) is 0 Å². The molecule has 5 aromatic rings. The Morgan fingerprint density at radius 2 is 2.03 bits per heavy atom. The zero-order valence-electron chi connectivity index (χ0n) is 19.6. The van der Waals surface area contributed by atoms with Gasteiger partial charge in [0.25, 0.3) is 5.91 Å². The van der Waals surface area contributed by atoms with E-state index in [1.807, 2.05) is 11.5 Å². The molecule has 0 radical (unpaired) electrons. The highest BCUT2D eigenvalue weighted by molar-refractivity contribution is 6.31. The zero-order valence-corrected chi connectivity index (χ0v) is 20.3. The summed E-state index contributed by atoms with van der Waals surface area (Å²) in [6.07, 6.45) is 11.5. The lowest BCUT2D eigenvalue weighted by Gasteiger charge is -2.15. The molecule has 1 unspecified atom stereocenters. The molecule has 1 saturated carbocycles. The minimum absolute atomic E-state index is 0.0135. The first kappa shape index (κ1) is 21.6. The van der Waals surface area contributed by atoms with Gasteiger partial charge in [0.2, 0.25) is 0 Å². The van der Waals surface area contributed by atoms with Crippen molar-refractivity contribution in [3.8, 4) is 0 Å². The Bertz CT molecular complexity index is 1680. The van der Waals surface area contributed by atoms with Gasteiger partial charge in [0, 0.05) is 25.0 Å². The standard InChI is InChI=1S/C26H23ClFN7O/c1-14-24(26(36)29-10-18-25-23(28)17(27)8-9-33(25)13-30-18)35-20(5-7-22(35)31-14)19-12-34-11-16(15-2-3-15)4-6-21(34)32-19/h4,6,8-9,11-13,15,20H,2-3,5,7,10H2,1H3,(H,29,36). The lowest BCUT2D eigenvalue weighted by atomic mass is 10.1. The number of hydrogen-bond acceptors (Lipinski definition) is 4. The third kappa shape index (κ3) is 3.33. The molecule has 1 fully saturated rings. The van der Waals surface area contributed by atoms with Crippen molar-refractivity contribution in [1.29, 1.82) is 0 Å². The molecule has 36 heavy (non-hydrogen) atoms. The Morgan fingerprint density at radius 1 is 1.17 bits per heavy atom. The van der Waals surface area contributed by atoms with E-state index in [0.29, 0.717) is 23.0 Å². The van der Waals surface area contributed by atoms with Crippen molar-refractivity contribution in [2.24, 2.45) is 0 Å². The molecule has 1 amide bonds. The molecular formula is C26H23ClFN7O. The van der Waals surface area contributed by atoms with Gasteiger partial charge in [-0.25, -0.2) is 19.3 Å². The van der Waals surface area contributed by atoms with Crippen LogP contribution in [0.2, 0.25) is 5.02 Å². The van der Waals surface area contributed by atoms with E-state index in [9.17, 15) is 9.18 Å². The van der Waals surface area contributed by atoms with Crippen molar-refractivity contribution in [2.75, 3.05) is 0 Å². The molecule has 0 aromatic carbocycles. The summed E-state index contributed by atoms with van der Waals surface area (Å²) in [5.74, 6) is 0.714. The maximum atomic E-state index is 14.6. The van der Waals surface area contributed by atoms with Crippen molar-refractivity contribution in [1.82, 2.24) is 33.6 Å². The number of carbonyl (C=O) groups is 1. The van der Waals surface area contributed by atoms with Gasteiger partial charge >= 0.3 is 0 Å². The van der Waals surface area contributed by atoms with E-state index in [1.165, 1.54) is 30.8 Å². The molecule has 182 valence electrons. The van der Waals surface area contributed by atoms with Gasteiger partial charge in [-0.15, -0.1) is 0 Å². The van der Waals surface area contributed by atoms with Gasteiger partial charge in [0.15, 0.2) is 5.82 Å². The number of fused-ring (bicyclic) bond motifs is 3. The quantitative estimate of drug-likeness (QED) is 0.379. The Labute approximate surface area is 210 Å². The van der Waals surface area contributed by atoms with Crippen molar-refractivity contribution < 1.29 is 9.18 Å². The summed E-state index contributed by atoms with van der Waals surface area (Å²) in [5.41, 5.74) is 5.00. The van der Waals surface area contributed by atoms with Crippen LogP contribution in [0.5, 0.6) is 0 Å². The number of halogens is 2. The topological polar surface area (TPSA) is 81.5 Å². The lowest BCUT2D eigenvalue weighted by molar-refractivity contribution is 0.0939. The highest BCUT2D eigenvalue weighted by Crippen LogP contribution is 2.40. The minimum atomic E-state index is -0.556. The molecule has 1 N–H and O–H groups in total. The van der Waals surface area contributed by atoms with E-state index in [0.717, 1.165) is 30.0 Å². The summed E-state index contributed by atoms with van der Waals surface area (Å²) in [7, 11) is 0. The molecule has 7 rings (SSSR count). The molecule has 0 bridgehead atoms. The van der Waals surface area contributed by atoms with E-state index in [4.69, 9.17) is 16.6 Å². The van der Waals surface area contributed by atoms with Crippen molar-refractivity contribution in [2.45, 2.75) is 51.1 Å². The highest BCUT2D eigenvalue weighted by atomic mass is 35.5. The maximum absolute atomic E-state index is 14.6. The number of nitrogens with zero attached hydrogens (tertiary/aromatic N) is 6. The van der Waals surface area contributed by atoms with E-state index in [-0.39, 0.29) is 29.0 Å². The number of nitrogens with one attached hydrogen (secondary N) is 1. The molecule has 1 aliphatic carbocycles. The lowest BCUT2D eigenvalue weighted by Crippen LogP contribution is -2.27. The maximum Gasteiger partial charge on any atom is 0.270 e. The van der Waals surface area contributed by atoms with Crippen LogP contribution in [-0.4, -0.2) is 34.2 Å². The summed E-state index contributed by atoms with van der Waals surface area (Å²) in [6.45, 7) is 1.91. The highest BCUT2D eigenvalue weighted by Gasteiger charge is 2.33. The molecule has 1 atom stereocenters. The first-order valence-electron chi connectivity index (χ1n) is 12.1. The van der Waals surface area contributed by atoms with Gasteiger partial charge in [0.1, 0.15) is 22.7 Å². The van der Waals surface area contributed by atoms with E-state index in [1.54, 1.807) is 10.6 Å². The summed E-state index contributed by atoms with van der Waals surface area (Å²) in [6, 6.07) is 5.63. The Kier molecular flexibility index (Phi) is 4.73. The van der Waals surface area contributed by atoms with Crippen LogP contribution in [0, 0.1) is 12.7 Å². The first-order valence-corrected chi connectivity index (χ1v) is 12.5. The summed E-state index contributed by atoms with van der Waals surface area (Å²) >= 11 is 5.95. The van der Waals surface area contributed by atoms with Crippen LogP contribution >= 0.6 is 11.6 Å². The Hall–Kier alpha value is -3.72. The number of hydrogen-bond donors (Lipinski definition) is 1. The summed E-state index contributed by atoms with van der Waals surface area (Å²) in [4.78, 5) is 27.2. The fourth-order valence-electron chi connectivity index (χ4n) is 5.37. The van der Waals surface area contributed by atoms with Crippen LogP contribution in [0.4, 0.5) is 4.39 Å². The number of amides is 1. The smallest absolute Gasteiger partial charge is 0.270 e. The molecule has 5 aromatic heterocycles. The van der Waals surface area contributed by atoms with E-state index in [2.05, 4.69) is 44.2 Å². The SMILES string of the molecule is Cc1nc2n(c1C(=O)NCc1ncn3ccc(Cl)c(F)c13)C(c1cn3cc(C4CC4)ccc3n1)CC2. The number of rotatable bonds is 5. The second-order valence-corrected chi connectivity index (χ2v) is 10.1. The predicted molar refractivity (Wildman–Crippen MR) is 132 cm³/mol. The molecule has 8 nitrogen and oxygen atoms in total. The third-order valence-electron chi connectivity index (χ3n) is 7.29. The van der Waals surface area contributed by atoms with Crippen LogP contribution in [0.1, 0.15) is 70.2 Å². The second kappa shape index (κ2) is 7.89. The molecule has 6 heterocycles. The van der Waals surface area contributed by atoms with Gasteiger partial charge in [-0.05, 0) is 49.8 Å². The van der Waals surface area contributed by atoms with Crippen LogP contribution in [0.15, 0.2) is 43.1 Å². The van der Waals surface area contributed by atoms with Crippen LogP contribution in [-0.2, 0) is 13.0 Å². The fraction of sp³-hybridized carbons (Fsp3) is 0.308. The van der Waals surface area contributed by atoms with Crippen molar-refractivity contribution in [3.05, 3.63) is 88.1 Å². The van der Waals surface area contributed by atoms with E-state index < -0.39 is 5.82 Å². The van der Waals surface area contributed by atoms with Gasteiger partial charge in [-0.1, -0.05) is 17.7 Å². The Morgan fingerprint density at radius 3 is 2.86 bits per heavy atom. The predicted octanol–water partition coefficient (Wildman–Crippen LogP) is 4.62. The van der Waals surface area contributed by atoms with Gasteiger partial charge in [-0.3, -0.25) is 4.79 Å². The largest absolute Gasteiger partial charge is 0.345 e. The number of carbonyl (C=O) groups excluding carboxylic acids is 1. The number of imidazole rings is 3. The summed E-state index contributed by atoms with van der Waals surface area (Å²) < 4.78 is 20.3. The fourth-order valence-corrected chi connectivity index (χ4v) is 5.52. The zero-order chi connectivity index (χ0) is 24.6. The van der Waals surface area contributed by atoms with Crippen molar-refractivity contribution in [3.63, 3.8) is 0 Å². The third-order valence-corrected chi connectivity index (χ3v) is 7.59. The molecule has 0 spiro atoms. The molecular weight excluding hydrogens is 481 g/mol. The minimum Gasteiger partial charge on any atom is -0.345 e. The normalized spacial score (nSPS) is 17.2. The first-order chi connectivity index (χ1) is 17.5. The van der Waals surface area contributed by atoms with E-state index >= 15 is 0 Å². The number of pyridine rings is 2. The van der Waals surface area contributed by atoms with Gasteiger partial charge in [0.05, 0.1) is 41.0 Å². The summed E-state index contributed by atoms with van der Waals surface area (Å²) in [5, 5.41) is 2.92. The number of aryl methyl sites for hydroxylation is 2. The molecule has 10 heteroatoms. The van der Waals surface area contributed by atoms with Gasteiger partial charge < -0.3 is 18.7 Å². The second-order valence-electron chi connectivity index (χ2n) is 9.66. The van der Waals surface area contributed by atoms with Crippen LogP contribution in [0.3, 0.4) is 0 Å². The van der Waals surface area contributed by atoms with Crippen LogP contribution in [0.25, 0.3) is 11.2 Å². The van der Waals surface area contributed by atoms with Crippen LogP contribution < -0.4 is 5.32 Å². The molecule has 1 aliphatic heterocycles. The monoisotopic (exact) mass is 503 g/mol. The molecule has 2 aliphatic rings.